The van der Waals surface area contributed by atoms with Crippen LogP contribution in [0.15, 0.2) is 35.4 Å². The average Bonchev–Trinajstić information content (AvgIpc) is 3.13. The first-order valence-electron chi connectivity index (χ1n) is 8.00. The van der Waals surface area contributed by atoms with Gasteiger partial charge in [-0.3, -0.25) is 19.3 Å². The Morgan fingerprint density at radius 2 is 1.80 bits per heavy atom. The minimum atomic E-state index is -1.14. The summed E-state index contributed by atoms with van der Waals surface area (Å²) < 4.78 is 4.93. The molecule has 2 aliphatic rings. The lowest BCUT2D eigenvalue weighted by atomic mass is 9.97. The normalized spacial score (nSPS) is 22.1. The molecule has 8 heteroatoms. The van der Waals surface area contributed by atoms with Crippen molar-refractivity contribution < 1.29 is 23.9 Å². The monoisotopic (exact) mass is 343 g/mol. The molecular formula is C17H17N3O5. The highest BCUT2D eigenvalue weighted by Crippen LogP contribution is 2.33. The smallest absolute Gasteiger partial charge is 0.355 e. The molecule has 2 heterocycles. The van der Waals surface area contributed by atoms with Gasteiger partial charge in [0.15, 0.2) is 11.8 Å². The molecule has 0 unspecified atom stereocenters. The molecule has 3 rings (SSSR count). The molecule has 0 N–H and O–H groups in total. The molecule has 0 spiro atoms. The number of hydrazone groups is 1. The summed E-state index contributed by atoms with van der Waals surface area (Å²) >= 11 is 0. The fourth-order valence-electron chi connectivity index (χ4n) is 3.04. The SMILES string of the molecule is CCOC(=O)C1=NN(C(=O)c2ccccc2)[C@H]2C(=O)N(CC)C(=O)[C@H]12. The minimum absolute atomic E-state index is 0.0987. The molecule has 1 fully saturated rings. The molecule has 8 nitrogen and oxygen atoms in total. The van der Waals surface area contributed by atoms with Gasteiger partial charge in [-0.2, -0.15) is 5.10 Å². The van der Waals surface area contributed by atoms with E-state index in [4.69, 9.17) is 4.74 Å². The van der Waals surface area contributed by atoms with Crippen LogP contribution in [0, 0.1) is 5.92 Å². The maximum absolute atomic E-state index is 12.7. The Labute approximate surface area is 144 Å². The Balaban J connectivity index is 2.03. The number of hydrogen-bond acceptors (Lipinski definition) is 6. The maximum Gasteiger partial charge on any atom is 0.355 e. The highest BCUT2D eigenvalue weighted by molar-refractivity contribution is 6.44. The molecule has 0 bridgehead atoms. The molecule has 0 aromatic heterocycles. The topological polar surface area (TPSA) is 96.3 Å². The Kier molecular flexibility index (Phi) is 4.35. The standard InChI is InChI=1S/C17H17N3O5/c1-3-19-15(22)11-12(17(24)25-4-2)18-20(13(11)16(19)23)14(21)10-8-6-5-7-9-10/h5-9,11,13H,3-4H2,1-2H3/t11-,13-/m1/s1. The fourth-order valence-corrected chi connectivity index (χ4v) is 3.04. The largest absolute Gasteiger partial charge is 0.461 e. The van der Waals surface area contributed by atoms with Crippen LogP contribution in [0.2, 0.25) is 0 Å². The molecule has 0 radical (unpaired) electrons. The van der Waals surface area contributed by atoms with E-state index in [9.17, 15) is 19.2 Å². The van der Waals surface area contributed by atoms with Crippen LogP contribution in [-0.2, 0) is 19.1 Å². The van der Waals surface area contributed by atoms with Gasteiger partial charge in [-0.1, -0.05) is 18.2 Å². The maximum atomic E-state index is 12.7. The summed E-state index contributed by atoms with van der Waals surface area (Å²) in [5, 5.41) is 4.93. The van der Waals surface area contributed by atoms with Gasteiger partial charge in [0.25, 0.3) is 11.8 Å². The Hall–Kier alpha value is -3.03. The van der Waals surface area contributed by atoms with Gasteiger partial charge >= 0.3 is 5.97 Å². The van der Waals surface area contributed by atoms with Crippen molar-refractivity contribution in [2.45, 2.75) is 19.9 Å². The summed E-state index contributed by atoms with van der Waals surface area (Å²) in [5.74, 6) is -3.52. The van der Waals surface area contributed by atoms with Crippen molar-refractivity contribution in [2.75, 3.05) is 13.2 Å². The first kappa shape index (κ1) is 16.8. The number of nitrogens with zero attached hydrogens (tertiary/aromatic N) is 3. The van der Waals surface area contributed by atoms with Crippen molar-refractivity contribution in [1.29, 1.82) is 0 Å². The predicted octanol–water partition coefficient (Wildman–Crippen LogP) is 0.435. The quantitative estimate of drug-likeness (QED) is 0.584. The second-order valence-corrected chi connectivity index (χ2v) is 5.56. The van der Waals surface area contributed by atoms with E-state index in [1.54, 1.807) is 44.2 Å². The third-order valence-electron chi connectivity index (χ3n) is 4.17. The number of imide groups is 1. The van der Waals surface area contributed by atoms with Crippen molar-refractivity contribution in [3.05, 3.63) is 35.9 Å². The van der Waals surface area contributed by atoms with Crippen molar-refractivity contribution in [3.8, 4) is 0 Å². The number of likely N-dealkylation sites (tertiary alicyclic amines) is 1. The van der Waals surface area contributed by atoms with E-state index >= 15 is 0 Å². The van der Waals surface area contributed by atoms with Gasteiger partial charge in [-0.15, -0.1) is 0 Å². The van der Waals surface area contributed by atoms with E-state index in [0.717, 1.165) is 9.91 Å². The summed E-state index contributed by atoms with van der Waals surface area (Å²) in [6.07, 6.45) is 0. The number of carbonyl (C=O) groups excluding carboxylic acids is 4. The van der Waals surface area contributed by atoms with Gasteiger partial charge in [-0.25, -0.2) is 9.80 Å². The number of ether oxygens (including phenoxy) is 1. The highest BCUT2D eigenvalue weighted by Gasteiger charge is 2.59. The number of amides is 3. The van der Waals surface area contributed by atoms with E-state index in [0.29, 0.717) is 5.56 Å². The van der Waals surface area contributed by atoms with Gasteiger partial charge in [0.2, 0.25) is 5.91 Å². The van der Waals surface area contributed by atoms with Crippen LogP contribution in [0.5, 0.6) is 0 Å². The van der Waals surface area contributed by atoms with Crippen molar-refractivity contribution in [2.24, 2.45) is 11.0 Å². The van der Waals surface area contributed by atoms with Crippen molar-refractivity contribution in [1.82, 2.24) is 9.91 Å². The summed E-state index contributed by atoms with van der Waals surface area (Å²) in [6, 6.07) is 7.12. The summed E-state index contributed by atoms with van der Waals surface area (Å²) in [5.41, 5.74) is 0.107. The lowest BCUT2D eigenvalue weighted by molar-refractivity contribution is -0.141. The molecule has 2 aliphatic heterocycles. The zero-order chi connectivity index (χ0) is 18.1. The van der Waals surface area contributed by atoms with Gasteiger partial charge in [0.05, 0.1) is 6.61 Å². The molecule has 2 atom stereocenters. The van der Waals surface area contributed by atoms with Crippen molar-refractivity contribution >= 4 is 29.4 Å². The summed E-state index contributed by atoms with van der Waals surface area (Å²) in [4.78, 5) is 51.1. The second kappa shape index (κ2) is 6.46. The fraction of sp³-hybridized carbons (Fsp3) is 0.353. The zero-order valence-electron chi connectivity index (χ0n) is 13.8. The molecule has 25 heavy (non-hydrogen) atoms. The van der Waals surface area contributed by atoms with Gasteiger partial charge in [-0.05, 0) is 26.0 Å². The molecule has 3 amide bonds. The molecule has 130 valence electrons. The molecule has 0 aliphatic carbocycles. The summed E-state index contributed by atoms with van der Waals surface area (Å²) in [7, 11) is 0. The number of likely N-dealkylation sites (N-methyl/N-ethyl adjacent to an activating group) is 1. The molecule has 1 aromatic rings. The number of hydrogen-bond donors (Lipinski definition) is 0. The van der Waals surface area contributed by atoms with E-state index in [1.165, 1.54) is 0 Å². The third-order valence-corrected chi connectivity index (χ3v) is 4.17. The van der Waals surface area contributed by atoms with E-state index < -0.39 is 35.7 Å². The lowest BCUT2D eigenvalue weighted by Gasteiger charge is -2.19. The van der Waals surface area contributed by atoms with Crippen LogP contribution in [0.25, 0.3) is 0 Å². The van der Waals surface area contributed by atoms with Crippen LogP contribution in [0.3, 0.4) is 0 Å². The lowest BCUT2D eigenvalue weighted by Crippen LogP contribution is -2.42. The molecule has 0 saturated carbocycles. The van der Waals surface area contributed by atoms with E-state index in [1.807, 2.05) is 0 Å². The van der Waals surface area contributed by atoms with Gasteiger partial charge in [0, 0.05) is 12.1 Å². The van der Waals surface area contributed by atoms with Crippen LogP contribution < -0.4 is 0 Å². The van der Waals surface area contributed by atoms with Gasteiger partial charge < -0.3 is 4.74 Å². The third kappa shape index (κ3) is 2.59. The second-order valence-electron chi connectivity index (χ2n) is 5.56. The van der Waals surface area contributed by atoms with Crippen LogP contribution >= 0.6 is 0 Å². The first-order chi connectivity index (χ1) is 12.0. The number of carbonyl (C=O) groups is 4. The zero-order valence-corrected chi connectivity index (χ0v) is 13.8. The molecule has 1 aromatic carbocycles. The van der Waals surface area contributed by atoms with E-state index in [-0.39, 0.29) is 18.9 Å². The number of rotatable bonds is 4. The first-order valence-corrected chi connectivity index (χ1v) is 8.00. The Bertz CT molecular complexity index is 774. The number of benzene rings is 1. The van der Waals surface area contributed by atoms with Crippen molar-refractivity contribution in [3.63, 3.8) is 0 Å². The minimum Gasteiger partial charge on any atom is -0.461 e. The Morgan fingerprint density at radius 3 is 2.40 bits per heavy atom. The van der Waals surface area contributed by atoms with E-state index in [2.05, 4.69) is 5.10 Å². The number of esters is 1. The van der Waals surface area contributed by atoms with Crippen LogP contribution in [0.4, 0.5) is 0 Å². The molecule has 1 saturated heterocycles. The summed E-state index contributed by atoms with van der Waals surface area (Å²) in [6.45, 7) is 3.54. The predicted molar refractivity (Wildman–Crippen MR) is 86.4 cm³/mol. The Morgan fingerprint density at radius 1 is 1.12 bits per heavy atom. The average molecular weight is 343 g/mol. The van der Waals surface area contributed by atoms with Gasteiger partial charge in [0.1, 0.15) is 5.92 Å². The highest BCUT2D eigenvalue weighted by atomic mass is 16.5. The molecular weight excluding hydrogens is 326 g/mol. The van der Waals surface area contributed by atoms with Crippen LogP contribution in [-0.4, -0.2) is 58.5 Å². The number of fused-ring (bicyclic) bond motifs is 1. The van der Waals surface area contributed by atoms with Crippen LogP contribution in [0.1, 0.15) is 24.2 Å².